The molecule has 0 unspecified atom stereocenters. The number of ether oxygens (including phenoxy) is 2. The first-order valence-electron chi connectivity index (χ1n) is 9.85. The number of para-hydroxylation sites is 2. The number of rotatable bonds is 6. The molecular weight excluding hydrogens is 495 g/mol. The van der Waals surface area contributed by atoms with Crippen molar-refractivity contribution < 1.29 is 14.6 Å². The number of piperazine rings is 1. The molecule has 2 aromatic carbocycles. The maximum atomic E-state index is 10.1. The molecule has 0 amide bonds. The zero-order chi connectivity index (χ0) is 20.6. The largest absolute Gasteiger partial charge is 0.508 e. The Labute approximate surface area is 195 Å². The first kappa shape index (κ1) is 23.9. The molecule has 2 aromatic rings. The number of halogens is 1. The molecule has 0 atom stereocenters. The van der Waals surface area contributed by atoms with Crippen LogP contribution in [0.15, 0.2) is 47.5 Å². The molecule has 0 saturated carbocycles. The fraction of sp³-hybridized carbons (Fsp3) is 0.409. The fourth-order valence-electron chi connectivity index (χ4n) is 3.57. The van der Waals surface area contributed by atoms with Crippen LogP contribution in [0.2, 0.25) is 0 Å². The highest BCUT2D eigenvalue weighted by Crippen LogP contribution is 2.28. The minimum Gasteiger partial charge on any atom is -0.508 e. The first-order chi connectivity index (χ1) is 14.2. The van der Waals surface area contributed by atoms with E-state index in [-0.39, 0.29) is 29.7 Å². The summed E-state index contributed by atoms with van der Waals surface area (Å²) in [5.41, 5.74) is 2.02. The summed E-state index contributed by atoms with van der Waals surface area (Å²) in [5, 5.41) is 13.5. The van der Waals surface area contributed by atoms with Crippen molar-refractivity contribution in [3.05, 3.63) is 48.0 Å². The van der Waals surface area contributed by atoms with Crippen LogP contribution in [0.1, 0.15) is 5.56 Å². The van der Waals surface area contributed by atoms with Crippen LogP contribution in [0.4, 0.5) is 5.69 Å². The number of phenolic OH excluding ortho intramolecular Hbond substituents is 1. The van der Waals surface area contributed by atoms with Crippen LogP contribution >= 0.6 is 24.0 Å². The van der Waals surface area contributed by atoms with Gasteiger partial charge < -0.3 is 29.7 Å². The molecule has 8 heteroatoms. The Kier molecular flexibility index (Phi) is 9.35. The average molecular weight is 526 g/mol. The number of guanidine groups is 1. The van der Waals surface area contributed by atoms with E-state index in [2.05, 4.69) is 26.2 Å². The van der Waals surface area contributed by atoms with Crippen LogP contribution in [0.5, 0.6) is 17.2 Å². The number of aromatic hydroxyl groups is 1. The Morgan fingerprint density at radius 3 is 2.43 bits per heavy atom. The van der Waals surface area contributed by atoms with Gasteiger partial charge in [-0.3, -0.25) is 4.99 Å². The molecule has 2 N–H and O–H groups in total. The third kappa shape index (κ3) is 5.84. The van der Waals surface area contributed by atoms with Crippen molar-refractivity contribution in [2.75, 3.05) is 58.9 Å². The molecule has 1 heterocycles. The second-order valence-electron chi connectivity index (χ2n) is 6.86. The number of nitrogens with zero attached hydrogens (tertiary/aromatic N) is 3. The Bertz CT molecular complexity index is 839. The van der Waals surface area contributed by atoms with E-state index >= 15 is 0 Å². The van der Waals surface area contributed by atoms with E-state index in [1.54, 1.807) is 27.3 Å². The normalized spacial score (nSPS) is 14.2. The van der Waals surface area contributed by atoms with Crippen molar-refractivity contribution in [2.45, 2.75) is 6.42 Å². The lowest BCUT2D eigenvalue weighted by Crippen LogP contribution is -2.52. The standard InChI is InChI=1S/C22H30N4O3.HI/c1-23-22(24-11-10-17-8-9-18(28-2)16-20(17)27)26-14-12-25(13-15-26)19-6-4-5-7-21(19)29-3;/h4-9,16,27H,10-15H2,1-3H3,(H,23,24);1H. The summed E-state index contributed by atoms with van der Waals surface area (Å²) in [6.07, 6.45) is 0.704. The highest BCUT2D eigenvalue weighted by atomic mass is 127. The van der Waals surface area contributed by atoms with Crippen molar-refractivity contribution in [3.63, 3.8) is 0 Å². The predicted molar refractivity (Wildman–Crippen MR) is 132 cm³/mol. The van der Waals surface area contributed by atoms with Crippen molar-refractivity contribution in [1.82, 2.24) is 10.2 Å². The molecule has 3 rings (SSSR count). The second-order valence-corrected chi connectivity index (χ2v) is 6.86. The number of aliphatic imine (C=N–C) groups is 1. The number of nitrogens with one attached hydrogen (secondary N) is 1. The summed E-state index contributed by atoms with van der Waals surface area (Å²) in [7, 11) is 5.11. The third-order valence-electron chi connectivity index (χ3n) is 5.19. The Morgan fingerprint density at radius 1 is 1.07 bits per heavy atom. The van der Waals surface area contributed by atoms with Crippen molar-refractivity contribution in [3.8, 4) is 17.2 Å². The van der Waals surface area contributed by atoms with Gasteiger partial charge in [0.2, 0.25) is 0 Å². The van der Waals surface area contributed by atoms with Gasteiger partial charge in [-0.1, -0.05) is 18.2 Å². The molecule has 164 valence electrons. The summed E-state index contributed by atoms with van der Waals surface area (Å²) >= 11 is 0. The molecule has 0 radical (unpaired) electrons. The highest BCUT2D eigenvalue weighted by molar-refractivity contribution is 14.0. The molecule has 0 bridgehead atoms. The van der Waals surface area contributed by atoms with Crippen LogP contribution in [0.3, 0.4) is 0 Å². The number of hydrogen-bond acceptors (Lipinski definition) is 5. The summed E-state index contributed by atoms with van der Waals surface area (Å²) in [5.74, 6) is 2.70. The van der Waals surface area contributed by atoms with Crippen LogP contribution in [-0.2, 0) is 6.42 Å². The maximum Gasteiger partial charge on any atom is 0.193 e. The number of benzene rings is 2. The number of methoxy groups -OCH3 is 2. The fourth-order valence-corrected chi connectivity index (χ4v) is 3.57. The monoisotopic (exact) mass is 526 g/mol. The Balaban J connectivity index is 0.00000320. The predicted octanol–water partition coefficient (Wildman–Crippen LogP) is 2.97. The van der Waals surface area contributed by atoms with E-state index in [4.69, 9.17) is 9.47 Å². The minimum atomic E-state index is 0. The lowest BCUT2D eigenvalue weighted by atomic mass is 10.1. The molecule has 0 aliphatic carbocycles. The van der Waals surface area contributed by atoms with E-state index in [1.165, 1.54) is 0 Å². The maximum absolute atomic E-state index is 10.1. The van der Waals surface area contributed by atoms with Gasteiger partial charge in [-0.15, -0.1) is 24.0 Å². The van der Waals surface area contributed by atoms with Gasteiger partial charge in [0.15, 0.2) is 5.96 Å². The van der Waals surface area contributed by atoms with Gasteiger partial charge in [-0.2, -0.15) is 0 Å². The van der Waals surface area contributed by atoms with E-state index in [0.717, 1.165) is 49.1 Å². The summed E-state index contributed by atoms with van der Waals surface area (Å²) in [4.78, 5) is 9.04. The van der Waals surface area contributed by atoms with E-state index in [1.807, 2.05) is 30.3 Å². The molecule has 7 nitrogen and oxygen atoms in total. The molecular formula is C22H31IN4O3. The first-order valence-corrected chi connectivity index (χ1v) is 9.85. The van der Waals surface area contributed by atoms with Crippen molar-refractivity contribution in [1.29, 1.82) is 0 Å². The van der Waals surface area contributed by atoms with Gasteiger partial charge in [-0.25, -0.2) is 0 Å². The molecule has 1 aliphatic heterocycles. The smallest absolute Gasteiger partial charge is 0.193 e. The quantitative estimate of drug-likeness (QED) is 0.343. The summed E-state index contributed by atoms with van der Waals surface area (Å²) in [6, 6.07) is 13.5. The lowest BCUT2D eigenvalue weighted by Gasteiger charge is -2.38. The van der Waals surface area contributed by atoms with Crippen LogP contribution < -0.4 is 19.7 Å². The van der Waals surface area contributed by atoms with Crippen LogP contribution in [0, 0.1) is 0 Å². The number of anilines is 1. The number of phenols is 1. The zero-order valence-electron chi connectivity index (χ0n) is 17.8. The Hall–Kier alpha value is -2.36. The van der Waals surface area contributed by atoms with E-state index in [9.17, 15) is 5.11 Å². The summed E-state index contributed by atoms with van der Waals surface area (Å²) < 4.78 is 10.6. The molecule has 0 spiro atoms. The molecule has 0 aromatic heterocycles. The van der Waals surface area contributed by atoms with Crippen molar-refractivity contribution >= 4 is 35.6 Å². The van der Waals surface area contributed by atoms with Gasteiger partial charge >= 0.3 is 0 Å². The van der Waals surface area contributed by atoms with Gasteiger partial charge in [0.25, 0.3) is 0 Å². The zero-order valence-corrected chi connectivity index (χ0v) is 20.1. The molecule has 1 aliphatic rings. The minimum absolute atomic E-state index is 0. The molecule has 30 heavy (non-hydrogen) atoms. The lowest BCUT2D eigenvalue weighted by molar-refractivity contribution is 0.367. The second kappa shape index (κ2) is 11.7. The van der Waals surface area contributed by atoms with E-state index < -0.39 is 0 Å². The summed E-state index contributed by atoms with van der Waals surface area (Å²) in [6.45, 7) is 4.26. The van der Waals surface area contributed by atoms with Gasteiger partial charge in [0, 0.05) is 45.8 Å². The topological polar surface area (TPSA) is 69.6 Å². The number of hydrogen-bond donors (Lipinski definition) is 2. The highest BCUT2D eigenvalue weighted by Gasteiger charge is 2.21. The molecule has 1 saturated heterocycles. The van der Waals surface area contributed by atoms with Crippen LogP contribution in [-0.4, -0.2) is 70.0 Å². The average Bonchev–Trinajstić information content (AvgIpc) is 2.77. The van der Waals surface area contributed by atoms with Gasteiger partial charge in [0.1, 0.15) is 17.2 Å². The molecule has 1 fully saturated rings. The van der Waals surface area contributed by atoms with Gasteiger partial charge in [0.05, 0.1) is 19.9 Å². The Morgan fingerprint density at radius 2 is 1.80 bits per heavy atom. The van der Waals surface area contributed by atoms with Crippen molar-refractivity contribution in [2.24, 2.45) is 4.99 Å². The van der Waals surface area contributed by atoms with Crippen LogP contribution in [0.25, 0.3) is 0 Å². The van der Waals surface area contributed by atoms with Gasteiger partial charge in [-0.05, 0) is 30.2 Å². The third-order valence-corrected chi connectivity index (χ3v) is 5.19. The SMILES string of the molecule is CN=C(NCCc1ccc(OC)cc1O)N1CCN(c2ccccc2OC)CC1.I. The van der Waals surface area contributed by atoms with E-state index in [0.29, 0.717) is 18.7 Å².